The van der Waals surface area contributed by atoms with Crippen molar-refractivity contribution >= 4 is 312 Å². The average Bonchev–Trinajstić information content (AvgIpc) is 0. The van der Waals surface area contributed by atoms with E-state index in [-0.39, 0.29) is 312 Å². The third-order valence-corrected chi connectivity index (χ3v) is 0. The smallest absolute Gasteiger partial charge is 0 e. The molecular weight excluding hydrogens is 352 g/mol. The van der Waals surface area contributed by atoms with E-state index in [0.717, 1.165) is 0 Å². The van der Waals surface area contributed by atoms with Gasteiger partial charge in [-0.05, 0) is 0 Å². The van der Waals surface area contributed by atoms with Gasteiger partial charge in [0, 0.05) is 302 Å². The Kier molecular flexibility index (Phi) is 345. The Morgan fingerprint density at radius 3 is 0.222 bits per heavy atom. The Labute approximate surface area is 300 Å². The molecule has 0 bridgehead atoms. The molecule has 16 radical (unpaired) electrons. The molecular formula is H3Ca8P. The number of rotatable bonds is 0. The molecule has 0 heterocycles. The van der Waals surface area contributed by atoms with E-state index >= 15 is 0 Å². The van der Waals surface area contributed by atoms with Gasteiger partial charge in [0.1, 0.15) is 0 Å². The van der Waals surface area contributed by atoms with E-state index in [9.17, 15) is 0 Å². The molecule has 0 saturated carbocycles. The van der Waals surface area contributed by atoms with Crippen LogP contribution in [0.2, 0.25) is 0 Å². The van der Waals surface area contributed by atoms with Crippen LogP contribution >= 0.6 is 9.90 Å². The summed E-state index contributed by atoms with van der Waals surface area (Å²) in [6.07, 6.45) is 0. The molecule has 0 aromatic carbocycles. The van der Waals surface area contributed by atoms with Crippen molar-refractivity contribution < 1.29 is 0 Å². The van der Waals surface area contributed by atoms with Crippen LogP contribution in [-0.2, 0) is 0 Å². The van der Waals surface area contributed by atoms with Gasteiger partial charge < -0.3 is 0 Å². The van der Waals surface area contributed by atoms with Crippen LogP contribution in [0, 0.1) is 0 Å². The predicted molar refractivity (Wildman–Crippen MR) is 57.1 cm³/mol. The minimum Gasteiger partial charge on any atom is -0.153 e. The van der Waals surface area contributed by atoms with Gasteiger partial charge in [0.15, 0.2) is 0 Å². The molecule has 0 spiro atoms. The molecule has 0 rings (SSSR count). The summed E-state index contributed by atoms with van der Waals surface area (Å²) in [7, 11) is 0. The molecule has 24 valence electrons. The van der Waals surface area contributed by atoms with Crippen LogP contribution in [0.25, 0.3) is 0 Å². The normalized spacial score (nSPS) is 0. The van der Waals surface area contributed by atoms with Gasteiger partial charge in [0.05, 0.1) is 0 Å². The maximum atomic E-state index is 0. The van der Waals surface area contributed by atoms with Crippen LogP contribution < -0.4 is 0 Å². The molecule has 0 aliphatic rings. The molecule has 0 saturated heterocycles. The third kappa shape index (κ3) is 45.7. The first-order valence-corrected chi connectivity index (χ1v) is 0. The first kappa shape index (κ1) is 60.5. The molecule has 9 heteroatoms. The quantitative estimate of drug-likeness (QED) is 0.322. The standard InChI is InChI=1S/8Ca.H3P/h;;;;;;;;1H3. The first-order valence-electron chi connectivity index (χ1n) is 0. The van der Waals surface area contributed by atoms with E-state index in [2.05, 4.69) is 0 Å². The minimum absolute atomic E-state index is 0. The van der Waals surface area contributed by atoms with Crippen molar-refractivity contribution in [3.63, 3.8) is 0 Å². The van der Waals surface area contributed by atoms with Gasteiger partial charge in [-0.2, -0.15) is 9.90 Å². The fourth-order valence-corrected chi connectivity index (χ4v) is 0. The second-order valence-corrected chi connectivity index (χ2v) is 0. The van der Waals surface area contributed by atoms with Crippen molar-refractivity contribution in [3.05, 3.63) is 0 Å². The van der Waals surface area contributed by atoms with Gasteiger partial charge in [-0.25, -0.2) is 0 Å². The Balaban J connectivity index is 0. The SMILES string of the molecule is P.[Ca].[Ca].[Ca].[Ca].[Ca].[Ca].[Ca].[Ca]. The van der Waals surface area contributed by atoms with E-state index < -0.39 is 0 Å². The van der Waals surface area contributed by atoms with Crippen molar-refractivity contribution in [2.24, 2.45) is 0 Å². The van der Waals surface area contributed by atoms with Crippen molar-refractivity contribution in [2.75, 3.05) is 0 Å². The molecule has 0 aromatic rings. The van der Waals surface area contributed by atoms with E-state index in [1.807, 2.05) is 0 Å². The monoisotopic (exact) mass is 354 g/mol. The minimum atomic E-state index is 0. The summed E-state index contributed by atoms with van der Waals surface area (Å²) < 4.78 is 0. The molecule has 0 N–H and O–H groups in total. The zero-order valence-electron chi connectivity index (χ0n) is 6.36. The Morgan fingerprint density at radius 2 is 0.222 bits per heavy atom. The molecule has 9 heavy (non-hydrogen) atoms. The van der Waals surface area contributed by atoms with Gasteiger partial charge in [-0.1, -0.05) is 0 Å². The van der Waals surface area contributed by atoms with Crippen molar-refractivity contribution in [1.29, 1.82) is 0 Å². The fraction of sp³-hybridized carbons (Fsp3) is 0. The molecule has 0 fully saturated rings. The molecule has 1 atom stereocenters. The van der Waals surface area contributed by atoms with Gasteiger partial charge in [-0.15, -0.1) is 0 Å². The molecule has 1 unspecified atom stereocenters. The van der Waals surface area contributed by atoms with Gasteiger partial charge in [0.2, 0.25) is 0 Å². The first-order chi connectivity index (χ1) is 0. The summed E-state index contributed by atoms with van der Waals surface area (Å²) in [4.78, 5) is 0. The van der Waals surface area contributed by atoms with Crippen LogP contribution in [0.4, 0.5) is 0 Å². The summed E-state index contributed by atoms with van der Waals surface area (Å²) in [5.74, 6) is 0. The van der Waals surface area contributed by atoms with E-state index in [1.165, 1.54) is 0 Å². The maximum Gasteiger partial charge on any atom is 0 e. The van der Waals surface area contributed by atoms with Crippen molar-refractivity contribution in [2.45, 2.75) is 0 Å². The summed E-state index contributed by atoms with van der Waals surface area (Å²) in [5.41, 5.74) is 0. The largest absolute Gasteiger partial charge is 0.153 e. The second-order valence-electron chi connectivity index (χ2n) is 0. The van der Waals surface area contributed by atoms with Crippen LogP contribution in [0.5, 0.6) is 0 Å². The van der Waals surface area contributed by atoms with Gasteiger partial charge in [0.25, 0.3) is 0 Å². The number of hydrogen-bond acceptors (Lipinski definition) is 0. The van der Waals surface area contributed by atoms with Crippen LogP contribution in [0.3, 0.4) is 0 Å². The molecule has 0 aliphatic heterocycles. The van der Waals surface area contributed by atoms with E-state index in [1.54, 1.807) is 0 Å². The zero-order valence-corrected chi connectivity index (χ0v) is 25.4. The predicted octanol–water partition coefficient (Wildman–Crippen LogP) is -2.99. The van der Waals surface area contributed by atoms with Crippen LogP contribution in [0.15, 0.2) is 0 Å². The summed E-state index contributed by atoms with van der Waals surface area (Å²) in [5, 5.41) is 0. The van der Waals surface area contributed by atoms with Gasteiger partial charge in [-0.3, -0.25) is 0 Å². The van der Waals surface area contributed by atoms with Crippen LogP contribution in [0.1, 0.15) is 0 Å². The topological polar surface area (TPSA) is 0 Å². The van der Waals surface area contributed by atoms with Crippen molar-refractivity contribution in [3.8, 4) is 0 Å². The Hall–Kier alpha value is 10.5. The summed E-state index contributed by atoms with van der Waals surface area (Å²) in [6, 6.07) is 0. The second kappa shape index (κ2) is 51.4. The van der Waals surface area contributed by atoms with Crippen molar-refractivity contribution in [1.82, 2.24) is 0 Å². The molecule has 0 amide bonds. The number of hydrogen-bond donors (Lipinski definition) is 0. The maximum absolute atomic E-state index is 0. The van der Waals surface area contributed by atoms with E-state index in [4.69, 9.17) is 0 Å². The molecule has 0 aromatic heterocycles. The Bertz CT molecular complexity index is 4.53. The van der Waals surface area contributed by atoms with Gasteiger partial charge >= 0.3 is 0 Å². The van der Waals surface area contributed by atoms with Crippen LogP contribution in [-0.4, -0.2) is 302 Å². The third-order valence-electron chi connectivity index (χ3n) is 0. The molecule has 0 nitrogen and oxygen atoms in total. The zero-order chi connectivity index (χ0) is 0. The van der Waals surface area contributed by atoms with E-state index in [0.29, 0.717) is 0 Å². The molecule has 0 aliphatic carbocycles. The summed E-state index contributed by atoms with van der Waals surface area (Å²) >= 11 is 0. The average molecular weight is 355 g/mol. The fourth-order valence-electron chi connectivity index (χ4n) is 0. The Morgan fingerprint density at radius 1 is 0.222 bits per heavy atom. The summed E-state index contributed by atoms with van der Waals surface area (Å²) in [6.45, 7) is 0.